The number of nitrogens with two attached hydrogens (primary N) is 1. The Morgan fingerprint density at radius 1 is 0.919 bits per heavy atom. The molecule has 4 amide bonds. The van der Waals surface area contributed by atoms with Crippen LogP contribution in [0.2, 0.25) is 0 Å². The van der Waals surface area contributed by atoms with Crippen molar-refractivity contribution >= 4 is 23.8 Å². The van der Waals surface area contributed by atoms with E-state index >= 15 is 0 Å². The molecule has 9 nitrogen and oxygen atoms in total. The molecule has 5 N–H and O–H groups in total. The maximum atomic E-state index is 12.9. The molecule has 1 aliphatic rings. The first-order chi connectivity index (χ1) is 17.7. The molecule has 0 aromatic heterocycles. The number of carbonyl (C=O) groups is 4. The quantitative estimate of drug-likeness (QED) is 0.349. The first kappa shape index (κ1) is 27.7. The summed E-state index contributed by atoms with van der Waals surface area (Å²) in [6.07, 6.45) is 0.464. The Bertz CT molecular complexity index is 1090. The first-order valence-corrected chi connectivity index (χ1v) is 12.7. The van der Waals surface area contributed by atoms with Crippen molar-refractivity contribution in [3.63, 3.8) is 0 Å². The smallest absolute Gasteiger partial charge is 0.407 e. The van der Waals surface area contributed by atoms with Gasteiger partial charge in [0.1, 0.15) is 18.7 Å². The topological polar surface area (TPSA) is 140 Å². The molecule has 0 bridgehead atoms. The second-order valence-corrected chi connectivity index (χ2v) is 9.67. The van der Waals surface area contributed by atoms with E-state index in [-0.39, 0.29) is 37.3 Å². The number of primary amides is 1. The summed E-state index contributed by atoms with van der Waals surface area (Å²) in [5.74, 6) is -1.59. The SMILES string of the molecule is CCCC(=O)N[C@@H](CNC(=O)OCC1c2ccccc2-c2ccccc21)C(=O)N[C@@H](CC(C)C)C(N)=O. The molecule has 2 aromatic carbocycles. The van der Waals surface area contributed by atoms with E-state index in [0.717, 1.165) is 22.3 Å². The second kappa shape index (κ2) is 12.9. The summed E-state index contributed by atoms with van der Waals surface area (Å²) in [5, 5.41) is 7.79. The highest BCUT2D eigenvalue weighted by molar-refractivity contribution is 5.92. The molecule has 37 heavy (non-hydrogen) atoms. The first-order valence-electron chi connectivity index (χ1n) is 12.7. The Morgan fingerprint density at radius 2 is 1.51 bits per heavy atom. The van der Waals surface area contributed by atoms with Crippen LogP contribution in [0.3, 0.4) is 0 Å². The Labute approximate surface area is 217 Å². The molecule has 0 radical (unpaired) electrons. The van der Waals surface area contributed by atoms with Gasteiger partial charge in [-0.05, 0) is 41.0 Å². The van der Waals surface area contributed by atoms with Gasteiger partial charge in [0.15, 0.2) is 0 Å². The van der Waals surface area contributed by atoms with Crippen LogP contribution in [-0.2, 0) is 19.1 Å². The standard InChI is InChI=1S/C28H36N4O5/c1-4-9-25(33)31-24(27(35)32-23(26(29)34)14-17(2)3)15-30-28(36)37-16-22-20-12-7-5-10-18(20)19-11-6-8-13-21(19)22/h5-8,10-13,17,22-24H,4,9,14-16H2,1-3H3,(H2,29,34)(H,30,36)(H,31,33)(H,32,35)/t23-,24-/m0/s1. The van der Waals surface area contributed by atoms with E-state index in [1.54, 1.807) is 0 Å². The number of benzene rings is 2. The van der Waals surface area contributed by atoms with Gasteiger partial charge in [0, 0.05) is 12.3 Å². The molecule has 2 atom stereocenters. The van der Waals surface area contributed by atoms with Crippen LogP contribution in [0.5, 0.6) is 0 Å². The lowest BCUT2D eigenvalue weighted by Gasteiger charge is -2.23. The van der Waals surface area contributed by atoms with Crippen molar-refractivity contribution < 1.29 is 23.9 Å². The molecule has 0 aliphatic heterocycles. The molecule has 0 spiro atoms. The fourth-order valence-electron chi connectivity index (χ4n) is 4.53. The van der Waals surface area contributed by atoms with Crippen molar-refractivity contribution in [2.45, 2.75) is 58.0 Å². The van der Waals surface area contributed by atoms with E-state index in [2.05, 4.69) is 28.1 Å². The number of rotatable bonds is 12. The summed E-state index contributed by atoms with van der Waals surface area (Å²) >= 11 is 0. The number of carbonyl (C=O) groups excluding carboxylic acids is 4. The molecule has 1 aliphatic carbocycles. The van der Waals surface area contributed by atoms with Gasteiger partial charge in [-0.1, -0.05) is 69.3 Å². The Hall–Kier alpha value is -3.88. The molecule has 0 saturated heterocycles. The van der Waals surface area contributed by atoms with Gasteiger partial charge in [0.2, 0.25) is 17.7 Å². The Morgan fingerprint density at radius 3 is 2.05 bits per heavy atom. The van der Waals surface area contributed by atoms with Gasteiger partial charge in [-0.3, -0.25) is 14.4 Å². The fourth-order valence-corrected chi connectivity index (χ4v) is 4.53. The van der Waals surface area contributed by atoms with Crippen LogP contribution in [0.4, 0.5) is 4.79 Å². The zero-order chi connectivity index (χ0) is 26.9. The van der Waals surface area contributed by atoms with Crippen LogP contribution < -0.4 is 21.7 Å². The number of fused-ring (bicyclic) bond motifs is 3. The van der Waals surface area contributed by atoms with Crippen molar-refractivity contribution in [3.8, 4) is 11.1 Å². The van der Waals surface area contributed by atoms with E-state index in [4.69, 9.17) is 10.5 Å². The van der Waals surface area contributed by atoms with Gasteiger partial charge < -0.3 is 26.4 Å². The lowest BCUT2D eigenvalue weighted by molar-refractivity contribution is -0.131. The van der Waals surface area contributed by atoms with E-state index < -0.39 is 30.0 Å². The molecule has 9 heteroatoms. The predicted octanol–water partition coefficient (Wildman–Crippen LogP) is 2.83. The molecule has 0 unspecified atom stereocenters. The molecular weight excluding hydrogens is 472 g/mol. The summed E-state index contributed by atoms with van der Waals surface area (Å²) in [5.41, 5.74) is 9.85. The van der Waals surface area contributed by atoms with Crippen LogP contribution >= 0.6 is 0 Å². The average Bonchev–Trinajstić information content (AvgIpc) is 3.18. The largest absolute Gasteiger partial charge is 0.449 e. The van der Waals surface area contributed by atoms with Crippen molar-refractivity contribution in [2.24, 2.45) is 11.7 Å². The second-order valence-electron chi connectivity index (χ2n) is 9.67. The van der Waals surface area contributed by atoms with Crippen molar-refractivity contribution in [3.05, 3.63) is 59.7 Å². The number of hydrogen-bond donors (Lipinski definition) is 4. The zero-order valence-corrected chi connectivity index (χ0v) is 21.6. The van der Waals surface area contributed by atoms with Crippen LogP contribution in [-0.4, -0.2) is 49.1 Å². The van der Waals surface area contributed by atoms with Crippen LogP contribution in [0.1, 0.15) is 57.1 Å². The number of alkyl carbamates (subject to hydrolysis) is 1. The third kappa shape index (κ3) is 7.31. The van der Waals surface area contributed by atoms with Crippen LogP contribution in [0.15, 0.2) is 48.5 Å². The number of hydrogen-bond acceptors (Lipinski definition) is 5. The Kier molecular flexibility index (Phi) is 9.65. The summed E-state index contributed by atoms with van der Waals surface area (Å²) in [6.45, 7) is 5.57. The molecule has 0 saturated carbocycles. The summed E-state index contributed by atoms with van der Waals surface area (Å²) in [6, 6.07) is 14.1. The number of nitrogens with one attached hydrogen (secondary N) is 3. The van der Waals surface area contributed by atoms with Crippen molar-refractivity contribution in [1.29, 1.82) is 0 Å². The number of ether oxygens (including phenoxy) is 1. The maximum absolute atomic E-state index is 12.9. The Balaban J connectivity index is 1.62. The van der Waals surface area contributed by atoms with E-state index in [1.807, 2.05) is 57.2 Å². The number of amides is 4. The lowest BCUT2D eigenvalue weighted by Crippen LogP contribution is -2.56. The summed E-state index contributed by atoms with van der Waals surface area (Å²) in [7, 11) is 0. The van der Waals surface area contributed by atoms with Gasteiger partial charge in [-0.2, -0.15) is 0 Å². The normalized spacial score (nSPS) is 13.7. The minimum Gasteiger partial charge on any atom is -0.449 e. The van der Waals surface area contributed by atoms with Crippen LogP contribution in [0, 0.1) is 5.92 Å². The summed E-state index contributed by atoms with van der Waals surface area (Å²) < 4.78 is 5.53. The summed E-state index contributed by atoms with van der Waals surface area (Å²) in [4.78, 5) is 49.5. The highest BCUT2D eigenvalue weighted by Crippen LogP contribution is 2.44. The van der Waals surface area contributed by atoms with E-state index in [1.165, 1.54) is 0 Å². The van der Waals surface area contributed by atoms with Crippen LogP contribution in [0.25, 0.3) is 11.1 Å². The van der Waals surface area contributed by atoms with Gasteiger partial charge in [-0.25, -0.2) is 4.79 Å². The van der Waals surface area contributed by atoms with E-state index in [9.17, 15) is 19.2 Å². The van der Waals surface area contributed by atoms with E-state index in [0.29, 0.717) is 12.8 Å². The van der Waals surface area contributed by atoms with Crippen molar-refractivity contribution in [2.75, 3.05) is 13.2 Å². The van der Waals surface area contributed by atoms with Crippen molar-refractivity contribution in [1.82, 2.24) is 16.0 Å². The molecule has 0 heterocycles. The molecule has 3 rings (SSSR count). The fraction of sp³-hybridized carbons (Fsp3) is 0.429. The minimum atomic E-state index is -1.09. The molecule has 2 aromatic rings. The minimum absolute atomic E-state index is 0.103. The van der Waals surface area contributed by atoms with Gasteiger partial charge in [0.25, 0.3) is 0 Å². The highest BCUT2D eigenvalue weighted by Gasteiger charge is 2.30. The average molecular weight is 509 g/mol. The van der Waals surface area contributed by atoms with Gasteiger partial charge in [0.05, 0.1) is 6.54 Å². The van der Waals surface area contributed by atoms with Gasteiger partial charge >= 0.3 is 6.09 Å². The lowest BCUT2D eigenvalue weighted by atomic mass is 9.98. The maximum Gasteiger partial charge on any atom is 0.407 e. The monoisotopic (exact) mass is 508 g/mol. The highest BCUT2D eigenvalue weighted by atomic mass is 16.5. The molecular formula is C28H36N4O5. The molecule has 0 fully saturated rings. The van der Waals surface area contributed by atoms with Gasteiger partial charge in [-0.15, -0.1) is 0 Å². The molecule has 198 valence electrons. The predicted molar refractivity (Wildman–Crippen MR) is 140 cm³/mol. The zero-order valence-electron chi connectivity index (χ0n) is 21.6. The third-order valence-corrected chi connectivity index (χ3v) is 6.29. The third-order valence-electron chi connectivity index (χ3n) is 6.29.